The Bertz CT molecular complexity index is 564. The largest absolute Gasteiger partial charge is 0.386 e. The van der Waals surface area contributed by atoms with Crippen molar-refractivity contribution in [2.45, 2.75) is 12.5 Å². The van der Waals surface area contributed by atoms with E-state index in [4.69, 9.17) is 10.00 Å². The van der Waals surface area contributed by atoms with Crippen LogP contribution in [0.15, 0.2) is 24.3 Å². The number of benzene rings is 1. The Morgan fingerprint density at radius 2 is 2.05 bits per heavy atom. The van der Waals surface area contributed by atoms with Crippen LogP contribution < -0.4 is 10.6 Å². The van der Waals surface area contributed by atoms with Crippen LogP contribution >= 0.6 is 0 Å². The monoisotopic (exact) mass is 291 g/mol. The Labute approximate surface area is 122 Å². The molecule has 7 nitrogen and oxygen atoms in total. The number of methoxy groups -OCH3 is 1. The molecule has 0 heterocycles. The molecule has 0 bridgehead atoms. The average molecular weight is 291 g/mol. The van der Waals surface area contributed by atoms with Crippen molar-refractivity contribution in [2.24, 2.45) is 0 Å². The van der Waals surface area contributed by atoms with E-state index in [-0.39, 0.29) is 24.4 Å². The molecule has 1 aromatic rings. The van der Waals surface area contributed by atoms with E-state index in [0.29, 0.717) is 0 Å². The standard InChI is InChI=1S/C14H17N3O4/c1-14(20,9-21-2)8-16-12(18)13(19)17-11-6-4-3-5-10(11)7-15/h3-6,20H,8-9H2,1-2H3,(H,16,18)(H,17,19)/t14-/m0/s1. The molecular weight excluding hydrogens is 274 g/mol. The highest BCUT2D eigenvalue weighted by Crippen LogP contribution is 2.13. The van der Waals surface area contributed by atoms with Crippen LogP contribution in [0.4, 0.5) is 5.69 Å². The molecule has 0 fully saturated rings. The number of carbonyl (C=O) groups is 2. The van der Waals surface area contributed by atoms with E-state index < -0.39 is 17.4 Å². The molecule has 0 aliphatic heterocycles. The highest BCUT2D eigenvalue weighted by molar-refractivity contribution is 6.39. The minimum Gasteiger partial charge on any atom is -0.386 e. The molecule has 21 heavy (non-hydrogen) atoms. The van der Waals surface area contributed by atoms with E-state index >= 15 is 0 Å². The highest BCUT2D eigenvalue weighted by Gasteiger charge is 2.23. The minimum absolute atomic E-state index is 0.0200. The van der Waals surface area contributed by atoms with Gasteiger partial charge in [0.2, 0.25) is 0 Å². The summed E-state index contributed by atoms with van der Waals surface area (Å²) in [5.41, 5.74) is -0.760. The Morgan fingerprint density at radius 3 is 2.67 bits per heavy atom. The zero-order valence-electron chi connectivity index (χ0n) is 11.8. The number of anilines is 1. The number of nitrogens with zero attached hydrogens (tertiary/aromatic N) is 1. The molecule has 1 aromatic carbocycles. The van der Waals surface area contributed by atoms with Crippen molar-refractivity contribution >= 4 is 17.5 Å². The number of hydrogen-bond acceptors (Lipinski definition) is 5. The fraction of sp³-hybridized carbons (Fsp3) is 0.357. The zero-order chi connectivity index (χ0) is 15.9. The normalized spacial score (nSPS) is 12.9. The first-order valence-corrected chi connectivity index (χ1v) is 6.19. The molecule has 2 amide bonds. The van der Waals surface area contributed by atoms with Gasteiger partial charge in [-0.3, -0.25) is 9.59 Å². The van der Waals surface area contributed by atoms with Crippen molar-refractivity contribution in [1.82, 2.24) is 5.32 Å². The van der Waals surface area contributed by atoms with Crippen LogP contribution in [0.2, 0.25) is 0 Å². The number of ether oxygens (including phenoxy) is 1. The summed E-state index contributed by atoms with van der Waals surface area (Å²) in [4.78, 5) is 23.3. The fourth-order valence-electron chi connectivity index (χ4n) is 1.58. The van der Waals surface area contributed by atoms with Crippen molar-refractivity contribution in [1.29, 1.82) is 5.26 Å². The van der Waals surface area contributed by atoms with Gasteiger partial charge in [0.05, 0.1) is 17.9 Å². The first kappa shape index (κ1) is 16.6. The van der Waals surface area contributed by atoms with E-state index in [1.807, 2.05) is 6.07 Å². The van der Waals surface area contributed by atoms with Gasteiger partial charge in [-0.2, -0.15) is 5.26 Å². The lowest BCUT2D eigenvalue weighted by molar-refractivity contribution is -0.137. The van der Waals surface area contributed by atoms with E-state index in [1.165, 1.54) is 26.2 Å². The molecule has 3 N–H and O–H groups in total. The van der Waals surface area contributed by atoms with Gasteiger partial charge in [-0.25, -0.2) is 0 Å². The van der Waals surface area contributed by atoms with Crippen molar-refractivity contribution in [2.75, 3.05) is 25.6 Å². The Balaban J connectivity index is 2.60. The third-order valence-electron chi connectivity index (χ3n) is 2.59. The molecule has 0 unspecified atom stereocenters. The highest BCUT2D eigenvalue weighted by atomic mass is 16.5. The van der Waals surface area contributed by atoms with Crippen LogP contribution in [0, 0.1) is 11.3 Å². The number of hydrogen-bond donors (Lipinski definition) is 3. The van der Waals surface area contributed by atoms with E-state index in [2.05, 4.69) is 10.6 Å². The van der Waals surface area contributed by atoms with Gasteiger partial charge in [0, 0.05) is 13.7 Å². The lowest BCUT2D eigenvalue weighted by Crippen LogP contribution is -2.46. The number of para-hydroxylation sites is 1. The molecule has 1 atom stereocenters. The van der Waals surface area contributed by atoms with Gasteiger partial charge in [-0.05, 0) is 19.1 Å². The summed E-state index contributed by atoms with van der Waals surface area (Å²) in [6.45, 7) is 1.36. The molecule has 0 spiro atoms. The van der Waals surface area contributed by atoms with E-state index in [9.17, 15) is 14.7 Å². The Hall–Kier alpha value is -2.43. The van der Waals surface area contributed by atoms with Crippen molar-refractivity contribution in [3.05, 3.63) is 29.8 Å². The van der Waals surface area contributed by atoms with Crippen LogP contribution in [0.3, 0.4) is 0 Å². The smallest absolute Gasteiger partial charge is 0.313 e. The number of aliphatic hydroxyl groups is 1. The summed E-state index contributed by atoms with van der Waals surface area (Å²) in [5, 5.41) is 23.3. The van der Waals surface area contributed by atoms with Crippen LogP contribution in [0.5, 0.6) is 0 Å². The molecule has 0 saturated heterocycles. The van der Waals surface area contributed by atoms with Gasteiger partial charge in [0.1, 0.15) is 11.7 Å². The first-order chi connectivity index (χ1) is 9.89. The maximum Gasteiger partial charge on any atom is 0.313 e. The lowest BCUT2D eigenvalue weighted by atomic mass is 10.1. The molecule has 0 saturated carbocycles. The van der Waals surface area contributed by atoms with Crippen molar-refractivity contribution in [3.63, 3.8) is 0 Å². The average Bonchev–Trinajstić information content (AvgIpc) is 2.45. The molecule has 0 aromatic heterocycles. The molecule has 1 rings (SSSR count). The SMILES string of the molecule is COC[C@@](C)(O)CNC(=O)C(=O)Nc1ccccc1C#N. The van der Waals surface area contributed by atoms with Gasteiger partial charge < -0.3 is 20.5 Å². The fourth-order valence-corrected chi connectivity index (χ4v) is 1.58. The Kier molecular flexibility index (Phi) is 5.84. The number of amides is 2. The van der Waals surface area contributed by atoms with Gasteiger partial charge in [-0.1, -0.05) is 12.1 Å². The maximum atomic E-state index is 11.7. The van der Waals surface area contributed by atoms with Crippen LogP contribution in [0.25, 0.3) is 0 Å². The van der Waals surface area contributed by atoms with Crippen LogP contribution in [-0.4, -0.2) is 42.8 Å². The Morgan fingerprint density at radius 1 is 1.38 bits per heavy atom. The van der Waals surface area contributed by atoms with Crippen LogP contribution in [-0.2, 0) is 14.3 Å². The molecule has 0 aliphatic carbocycles. The summed E-state index contributed by atoms with van der Waals surface area (Å²) in [6, 6.07) is 8.24. The van der Waals surface area contributed by atoms with Crippen molar-refractivity contribution < 1.29 is 19.4 Å². The molecule has 0 radical (unpaired) electrons. The minimum atomic E-state index is -1.27. The summed E-state index contributed by atoms with van der Waals surface area (Å²) >= 11 is 0. The van der Waals surface area contributed by atoms with Crippen LogP contribution in [0.1, 0.15) is 12.5 Å². The van der Waals surface area contributed by atoms with Gasteiger partial charge in [-0.15, -0.1) is 0 Å². The zero-order valence-corrected chi connectivity index (χ0v) is 11.8. The van der Waals surface area contributed by atoms with Crippen molar-refractivity contribution in [3.8, 4) is 6.07 Å². The molecule has 0 aliphatic rings. The summed E-state index contributed by atoms with van der Waals surface area (Å²) in [5.74, 6) is -1.81. The van der Waals surface area contributed by atoms with Gasteiger partial charge >= 0.3 is 11.8 Å². The summed E-state index contributed by atoms with van der Waals surface area (Å²) < 4.78 is 4.79. The van der Waals surface area contributed by atoms with E-state index in [0.717, 1.165) is 0 Å². The number of carbonyl (C=O) groups excluding carboxylic acids is 2. The molecule has 7 heteroatoms. The number of rotatable bonds is 5. The second-order valence-corrected chi connectivity index (χ2v) is 4.72. The molecule has 112 valence electrons. The maximum absolute atomic E-state index is 11.7. The van der Waals surface area contributed by atoms with E-state index in [1.54, 1.807) is 12.1 Å². The number of nitriles is 1. The van der Waals surface area contributed by atoms with Gasteiger partial charge in [0.25, 0.3) is 0 Å². The molecular formula is C14H17N3O4. The second kappa shape index (κ2) is 7.38. The topological polar surface area (TPSA) is 111 Å². The summed E-state index contributed by atoms with van der Waals surface area (Å²) in [6.07, 6.45) is 0. The predicted octanol–water partition coefficient (Wildman–Crippen LogP) is 0.0104. The lowest BCUT2D eigenvalue weighted by Gasteiger charge is -2.22. The van der Waals surface area contributed by atoms with Gasteiger partial charge in [0.15, 0.2) is 0 Å². The first-order valence-electron chi connectivity index (χ1n) is 6.19. The second-order valence-electron chi connectivity index (χ2n) is 4.72. The quantitative estimate of drug-likeness (QED) is 0.662. The third kappa shape index (κ3) is 5.22. The predicted molar refractivity (Wildman–Crippen MR) is 75.3 cm³/mol. The summed E-state index contributed by atoms with van der Waals surface area (Å²) in [7, 11) is 1.42. The number of nitrogens with one attached hydrogen (secondary N) is 2. The third-order valence-corrected chi connectivity index (χ3v) is 2.59.